The van der Waals surface area contributed by atoms with Crippen LogP contribution in [0.1, 0.15) is 17.7 Å². The zero-order valence-electron chi connectivity index (χ0n) is 15.3. The monoisotopic (exact) mass is 359 g/mol. The molecule has 1 aliphatic carbocycles. The molecular weight excluding hydrogens is 342 g/mol. The number of rotatable bonds is 0. The van der Waals surface area contributed by atoms with Gasteiger partial charge in [-0.3, -0.25) is 0 Å². The molecule has 28 heavy (non-hydrogen) atoms. The number of hydrogen-bond donors (Lipinski definition) is 1. The van der Waals surface area contributed by atoms with E-state index in [1.807, 2.05) is 0 Å². The number of aryl methyl sites for hydroxylation is 1. The lowest BCUT2D eigenvalue weighted by molar-refractivity contribution is 0.673. The lowest BCUT2D eigenvalue weighted by atomic mass is 9.96. The van der Waals surface area contributed by atoms with Gasteiger partial charge in [0.2, 0.25) is 0 Å². The van der Waals surface area contributed by atoms with E-state index in [0.29, 0.717) is 0 Å². The number of aromatic nitrogens is 1. The molecule has 2 nitrogen and oxygen atoms in total. The number of hydrogen-bond acceptors (Lipinski definition) is 1. The van der Waals surface area contributed by atoms with Gasteiger partial charge >= 0.3 is 0 Å². The molecule has 7 rings (SSSR count). The van der Waals surface area contributed by atoms with E-state index in [1.165, 1.54) is 49.0 Å². The molecule has 0 bridgehead atoms. The van der Waals surface area contributed by atoms with E-state index in [0.717, 1.165) is 29.5 Å². The summed E-state index contributed by atoms with van der Waals surface area (Å²) in [6.07, 6.45) is 6.66. The van der Waals surface area contributed by atoms with Gasteiger partial charge in [0.05, 0.1) is 0 Å². The minimum atomic E-state index is 0.951. The van der Waals surface area contributed by atoms with Crippen molar-refractivity contribution in [3.8, 4) is 0 Å². The van der Waals surface area contributed by atoms with Gasteiger partial charge < -0.3 is 9.40 Å². The number of nitrogens with one attached hydrogen (secondary N) is 1. The van der Waals surface area contributed by atoms with Crippen molar-refractivity contribution in [1.29, 1.82) is 0 Å². The minimum absolute atomic E-state index is 0.951. The maximum atomic E-state index is 6.48. The highest BCUT2D eigenvalue weighted by Gasteiger charge is 2.18. The molecule has 0 spiro atoms. The van der Waals surface area contributed by atoms with Crippen molar-refractivity contribution >= 4 is 60.5 Å². The number of allylic oxidation sites excluding steroid dienone is 1. The number of furan rings is 1. The Bertz CT molecular complexity index is 1610. The Balaban J connectivity index is 1.75. The third-order valence-corrected chi connectivity index (χ3v) is 6.25. The Morgan fingerprint density at radius 1 is 0.750 bits per heavy atom. The summed E-state index contributed by atoms with van der Waals surface area (Å²) in [5.41, 5.74) is 5.78. The molecule has 0 saturated carbocycles. The zero-order valence-corrected chi connectivity index (χ0v) is 15.3. The van der Waals surface area contributed by atoms with E-state index in [9.17, 15) is 0 Å². The third kappa shape index (κ3) is 1.73. The van der Waals surface area contributed by atoms with Crippen LogP contribution in [0.5, 0.6) is 0 Å². The summed E-state index contributed by atoms with van der Waals surface area (Å²) in [6.45, 7) is 0. The maximum absolute atomic E-state index is 6.48. The summed E-state index contributed by atoms with van der Waals surface area (Å²) in [4.78, 5) is 3.58. The molecule has 0 fully saturated rings. The molecule has 2 heterocycles. The van der Waals surface area contributed by atoms with Gasteiger partial charge in [0, 0.05) is 38.8 Å². The van der Waals surface area contributed by atoms with E-state index in [2.05, 4.69) is 77.8 Å². The summed E-state index contributed by atoms with van der Waals surface area (Å²) in [5, 5.41) is 8.74. The van der Waals surface area contributed by atoms with Crippen molar-refractivity contribution in [1.82, 2.24) is 4.98 Å². The average Bonchev–Trinajstić information content (AvgIpc) is 3.30. The molecule has 1 aliphatic rings. The molecule has 4 aromatic carbocycles. The first-order chi connectivity index (χ1) is 13.9. The van der Waals surface area contributed by atoms with Crippen LogP contribution in [0.15, 0.2) is 71.2 Å². The van der Waals surface area contributed by atoms with Crippen LogP contribution in [0.25, 0.3) is 60.5 Å². The predicted octanol–water partition coefficient (Wildman–Crippen LogP) is 7.33. The van der Waals surface area contributed by atoms with Crippen molar-refractivity contribution in [3.05, 3.63) is 78.0 Å². The second-order valence-corrected chi connectivity index (χ2v) is 7.75. The van der Waals surface area contributed by atoms with Crippen LogP contribution < -0.4 is 0 Å². The molecule has 0 unspecified atom stereocenters. The van der Waals surface area contributed by atoms with Gasteiger partial charge in [0.25, 0.3) is 0 Å². The highest BCUT2D eigenvalue weighted by Crippen LogP contribution is 2.42. The molecule has 6 aromatic rings. The van der Waals surface area contributed by atoms with Crippen LogP contribution in [0.4, 0.5) is 0 Å². The van der Waals surface area contributed by atoms with Crippen molar-refractivity contribution in [2.45, 2.75) is 12.8 Å². The Labute approximate surface area is 161 Å². The van der Waals surface area contributed by atoms with Crippen LogP contribution in [0, 0.1) is 0 Å². The molecule has 1 N–H and O–H groups in total. The predicted molar refractivity (Wildman–Crippen MR) is 118 cm³/mol. The largest absolute Gasteiger partial charge is 0.455 e. The molecule has 132 valence electrons. The highest BCUT2D eigenvalue weighted by atomic mass is 16.3. The Morgan fingerprint density at radius 3 is 2.36 bits per heavy atom. The van der Waals surface area contributed by atoms with Gasteiger partial charge in [-0.15, -0.1) is 0 Å². The normalized spacial score (nSPS) is 14.0. The van der Waals surface area contributed by atoms with Crippen molar-refractivity contribution < 1.29 is 4.42 Å². The SMILES string of the molecule is C1=Cc2[nH]c3cc4oc5c6ccccc6c6ccccc6c5c4cc3c2CC1. The van der Waals surface area contributed by atoms with Gasteiger partial charge in [-0.25, -0.2) is 0 Å². The second-order valence-electron chi connectivity index (χ2n) is 7.75. The van der Waals surface area contributed by atoms with Crippen LogP contribution in [0.3, 0.4) is 0 Å². The van der Waals surface area contributed by atoms with Gasteiger partial charge in [-0.05, 0) is 46.7 Å². The molecular formula is C26H17NO. The van der Waals surface area contributed by atoms with E-state index >= 15 is 0 Å². The zero-order chi connectivity index (χ0) is 18.2. The summed E-state index contributed by atoms with van der Waals surface area (Å²) in [6, 6.07) is 21.8. The van der Waals surface area contributed by atoms with E-state index in [-0.39, 0.29) is 0 Å². The Hall–Kier alpha value is -3.52. The summed E-state index contributed by atoms with van der Waals surface area (Å²) in [5.74, 6) is 0. The number of benzene rings is 4. The van der Waals surface area contributed by atoms with Crippen LogP contribution in [-0.4, -0.2) is 4.98 Å². The Morgan fingerprint density at radius 2 is 1.50 bits per heavy atom. The molecule has 0 amide bonds. The standard InChI is InChI=1S/C26H17NO/c1-3-10-18-15(7-1)16-8-2-4-11-19(16)26-25(18)21-13-20-17-9-5-6-12-22(17)27-23(20)14-24(21)28-26/h1-4,6-8,10-14,27H,5,9H2. The lowest BCUT2D eigenvalue weighted by Gasteiger charge is -2.06. The summed E-state index contributed by atoms with van der Waals surface area (Å²) < 4.78 is 6.48. The van der Waals surface area contributed by atoms with Crippen LogP contribution >= 0.6 is 0 Å². The van der Waals surface area contributed by atoms with E-state index in [1.54, 1.807) is 0 Å². The highest BCUT2D eigenvalue weighted by molar-refractivity contribution is 6.30. The fraction of sp³-hybridized carbons (Fsp3) is 0.0769. The van der Waals surface area contributed by atoms with Gasteiger partial charge in [-0.2, -0.15) is 0 Å². The molecule has 2 heteroatoms. The van der Waals surface area contributed by atoms with Gasteiger partial charge in [0.15, 0.2) is 0 Å². The van der Waals surface area contributed by atoms with E-state index in [4.69, 9.17) is 4.42 Å². The topological polar surface area (TPSA) is 28.9 Å². The first-order valence-corrected chi connectivity index (χ1v) is 9.85. The van der Waals surface area contributed by atoms with Crippen molar-refractivity contribution in [2.24, 2.45) is 0 Å². The second kappa shape index (κ2) is 5.05. The summed E-state index contributed by atoms with van der Waals surface area (Å²) in [7, 11) is 0. The number of aromatic amines is 1. The number of H-pyrrole nitrogens is 1. The fourth-order valence-electron chi connectivity index (χ4n) is 5.01. The molecule has 0 radical (unpaired) electrons. The van der Waals surface area contributed by atoms with Gasteiger partial charge in [0.1, 0.15) is 11.2 Å². The van der Waals surface area contributed by atoms with Crippen LogP contribution in [0.2, 0.25) is 0 Å². The maximum Gasteiger partial charge on any atom is 0.143 e. The molecule has 0 saturated heterocycles. The smallest absolute Gasteiger partial charge is 0.143 e. The molecule has 0 atom stereocenters. The van der Waals surface area contributed by atoms with Crippen LogP contribution in [-0.2, 0) is 6.42 Å². The molecule has 2 aromatic heterocycles. The number of fused-ring (bicyclic) bond motifs is 11. The van der Waals surface area contributed by atoms with Crippen molar-refractivity contribution in [2.75, 3.05) is 0 Å². The molecule has 0 aliphatic heterocycles. The van der Waals surface area contributed by atoms with Gasteiger partial charge in [-0.1, -0.05) is 54.6 Å². The summed E-state index contributed by atoms with van der Waals surface area (Å²) >= 11 is 0. The Kier molecular flexibility index (Phi) is 2.62. The van der Waals surface area contributed by atoms with Crippen molar-refractivity contribution in [3.63, 3.8) is 0 Å². The lowest BCUT2D eigenvalue weighted by Crippen LogP contribution is -1.90. The first kappa shape index (κ1) is 14.5. The first-order valence-electron chi connectivity index (χ1n) is 9.85. The quantitative estimate of drug-likeness (QED) is 0.283. The minimum Gasteiger partial charge on any atom is -0.455 e. The van der Waals surface area contributed by atoms with E-state index < -0.39 is 0 Å². The third-order valence-electron chi connectivity index (χ3n) is 6.25. The average molecular weight is 359 g/mol. The fourth-order valence-corrected chi connectivity index (χ4v) is 5.01.